The molecule has 0 fully saturated rings. The number of para-hydroxylation sites is 1. The molecule has 5 aromatic rings. The van der Waals surface area contributed by atoms with Gasteiger partial charge in [0.25, 0.3) is 11.5 Å². The molecule has 172 valence electrons. The Bertz CT molecular complexity index is 1720. The SMILES string of the molecule is CCn1c2ccccc2c2cc(CN(C)C(=O)c3cnc4c(c3)c(=O)n(C)c(=O)n4C)ccc21. The number of hydrogen-bond acceptors (Lipinski definition) is 4. The number of hydrogen-bond donors (Lipinski definition) is 0. The fourth-order valence-corrected chi connectivity index (χ4v) is 4.69. The van der Waals surface area contributed by atoms with Crippen LogP contribution in [0.4, 0.5) is 0 Å². The van der Waals surface area contributed by atoms with Crippen LogP contribution >= 0.6 is 0 Å². The second-order valence-electron chi connectivity index (χ2n) is 8.58. The highest BCUT2D eigenvalue weighted by molar-refractivity contribution is 6.08. The summed E-state index contributed by atoms with van der Waals surface area (Å²) in [6, 6.07) is 16.1. The Balaban J connectivity index is 1.50. The lowest BCUT2D eigenvalue weighted by atomic mass is 10.1. The van der Waals surface area contributed by atoms with Crippen LogP contribution in [0.1, 0.15) is 22.8 Å². The maximum absolute atomic E-state index is 13.2. The fraction of sp³-hybridized carbons (Fsp3) is 0.231. The standard InChI is InChI=1S/C26H25N5O3/c1-5-31-21-9-7-6-8-18(21)19-12-16(10-11-22(19)31)15-28(2)24(32)17-13-20-23(27-14-17)29(3)26(34)30(4)25(20)33/h6-14H,5,15H2,1-4H3. The molecule has 0 N–H and O–H groups in total. The first-order valence-electron chi connectivity index (χ1n) is 11.1. The first kappa shape index (κ1) is 21.6. The van der Waals surface area contributed by atoms with Crippen molar-refractivity contribution in [2.24, 2.45) is 14.1 Å². The topological polar surface area (TPSA) is 82.1 Å². The van der Waals surface area contributed by atoms with E-state index in [9.17, 15) is 14.4 Å². The molecule has 0 saturated heterocycles. The lowest BCUT2D eigenvalue weighted by Crippen LogP contribution is -2.37. The third kappa shape index (κ3) is 3.22. The molecule has 0 spiro atoms. The van der Waals surface area contributed by atoms with E-state index in [0.717, 1.165) is 22.1 Å². The van der Waals surface area contributed by atoms with Crippen LogP contribution in [0, 0.1) is 0 Å². The molecule has 0 aliphatic heterocycles. The zero-order valence-corrected chi connectivity index (χ0v) is 19.6. The van der Waals surface area contributed by atoms with Crippen LogP contribution in [0.5, 0.6) is 0 Å². The van der Waals surface area contributed by atoms with Gasteiger partial charge in [0, 0.05) is 62.2 Å². The third-order valence-electron chi connectivity index (χ3n) is 6.46. The summed E-state index contributed by atoms with van der Waals surface area (Å²) in [6.45, 7) is 3.42. The van der Waals surface area contributed by atoms with Gasteiger partial charge in [-0.1, -0.05) is 24.3 Å². The minimum absolute atomic E-state index is 0.234. The molecule has 34 heavy (non-hydrogen) atoms. The van der Waals surface area contributed by atoms with E-state index >= 15 is 0 Å². The summed E-state index contributed by atoms with van der Waals surface area (Å²) in [4.78, 5) is 43.7. The second-order valence-corrected chi connectivity index (χ2v) is 8.58. The van der Waals surface area contributed by atoms with Gasteiger partial charge in [-0.05, 0) is 36.8 Å². The van der Waals surface area contributed by atoms with Gasteiger partial charge in [0.2, 0.25) is 0 Å². The first-order valence-corrected chi connectivity index (χ1v) is 11.1. The van der Waals surface area contributed by atoms with Crippen molar-refractivity contribution >= 4 is 38.7 Å². The van der Waals surface area contributed by atoms with Crippen LogP contribution < -0.4 is 11.2 Å². The van der Waals surface area contributed by atoms with Crippen LogP contribution in [-0.2, 0) is 27.2 Å². The van der Waals surface area contributed by atoms with E-state index in [2.05, 4.69) is 40.7 Å². The Labute approximate surface area is 195 Å². The summed E-state index contributed by atoms with van der Waals surface area (Å²) >= 11 is 0. The van der Waals surface area contributed by atoms with Gasteiger partial charge < -0.3 is 9.47 Å². The van der Waals surface area contributed by atoms with E-state index < -0.39 is 11.2 Å². The number of pyridine rings is 1. The van der Waals surface area contributed by atoms with Crippen LogP contribution in [0.15, 0.2) is 64.3 Å². The molecule has 2 aromatic carbocycles. The minimum atomic E-state index is -0.472. The summed E-state index contributed by atoms with van der Waals surface area (Å²) < 4.78 is 4.61. The van der Waals surface area contributed by atoms with Gasteiger partial charge in [0.05, 0.1) is 10.9 Å². The van der Waals surface area contributed by atoms with Crippen LogP contribution in [0.3, 0.4) is 0 Å². The van der Waals surface area contributed by atoms with Gasteiger partial charge in [0.1, 0.15) is 5.65 Å². The van der Waals surface area contributed by atoms with Crippen molar-refractivity contribution in [3.63, 3.8) is 0 Å². The molecular weight excluding hydrogens is 430 g/mol. The monoisotopic (exact) mass is 455 g/mol. The zero-order chi connectivity index (χ0) is 24.1. The highest BCUT2D eigenvalue weighted by atomic mass is 16.2. The zero-order valence-electron chi connectivity index (χ0n) is 19.6. The Kier molecular flexibility index (Phi) is 5.08. The van der Waals surface area contributed by atoms with Crippen molar-refractivity contribution < 1.29 is 4.79 Å². The molecule has 0 atom stereocenters. The van der Waals surface area contributed by atoms with E-state index in [1.54, 1.807) is 19.0 Å². The molecule has 3 heterocycles. The Hall–Kier alpha value is -4.20. The van der Waals surface area contributed by atoms with E-state index in [-0.39, 0.29) is 16.9 Å². The Morgan fingerprint density at radius 1 is 0.941 bits per heavy atom. The van der Waals surface area contributed by atoms with Gasteiger partial charge in [-0.15, -0.1) is 0 Å². The number of rotatable bonds is 4. The normalized spacial score (nSPS) is 11.5. The average Bonchev–Trinajstić information content (AvgIpc) is 3.18. The number of benzene rings is 2. The Morgan fingerprint density at radius 2 is 1.68 bits per heavy atom. The summed E-state index contributed by atoms with van der Waals surface area (Å²) in [5.74, 6) is -0.249. The maximum Gasteiger partial charge on any atom is 0.332 e. The van der Waals surface area contributed by atoms with Crippen molar-refractivity contribution in [2.45, 2.75) is 20.0 Å². The molecule has 0 unspecified atom stereocenters. The maximum atomic E-state index is 13.2. The molecule has 0 saturated carbocycles. The molecule has 5 rings (SSSR count). The van der Waals surface area contributed by atoms with Crippen LogP contribution in [0.2, 0.25) is 0 Å². The molecule has 8 nitrogen and oxygen atoms in total. The first-order chi connectivity index (χ1) is 16.3. The second kappa shape index (κ2) is 7.98. The van der Waals surface area contributed by atoms with Gasteiger partial charge in [-0.25, -0.2) is 9.78 Å². The van der Waals surface area contributed by atoms with Crippen LogP contribution in [-0.4, -0.2) is 36.5 Å². The molecule has 1 amide bonds. The summed E-state index contributed by atoms with van der Waals surface area (Å²) in [7, 11) is 4.69. The van der Waals surface area contributed by atoms with Gasteiger partial charge >= 0.3 is 5.69 Å². The van der Waals surface area contributed by atoms with Crippen molar-refractivity contribution in [1.29, 1.82) is 0 Å². The molecule has 0 aliphatic rings. The summed E-state index contributed by atoms with van der Waals surface area (Å²) in [5, 5.41) is 2.58. The van der Waals surface area contributed by atoms with Crippen molar-refractivity contribution in [3.05, 3.63) is 86.7 Å². The van der Waals surface area contributed by atoms with Crippen molar-refractivity contribution in [1.82, 2.24) is 23.6 Å². The smallest absolute Gasteiger partial charge is 0.332 e. The number of carbonyl (C=O) groups excluding carboxylic acids is 1. The van der Waals surface area contributed by atoms with Crippen molar-refractivity contribution in [2.75, 3.05) is 7.05 Å². The molecular formula is C26H25N5O3. The van der Waals surface area contributed by atoms with Gasteiger partial charge in [-0.2, -0.15) is 0 Å². The summed E-state index contributed by atoms with van der Waals surface area (Å²) in [5.41, 5.74) is 3.00. The molecule has 8 heteroatoms. The number of carbonyl (C=O) groups is 1. The minimum Gasteiger partial charge on any atom is -0.341 e. The van der Waals surface area contributed by atoms with E-state index in [4.69, 9.17) is 0 Å². The predicted molar refractivity (Wildman–Crippen MR) is 133 cm³/mol. The number of aromatic nitrogens is 4. The van der Waals surface area contributed by atoms with E-state index in [0.29, 0.717) is 12.1 Å². The Morgan fingerprint density at radius 3 is 2.44 bits per heavy atom. The fourth-order valence-electron chi connectivity index (χ4n) is 4.69. The molecule has 0 bridgehead atoms. The quantitative estimate of drug-likeness (QED) is 0.417. The van der Waals surface area contributed by atoms with E-state index in [1.165, 1.54) is 40.3 Å². The number of amides is 1. The number of aryl methyl sites for hydroxylation is 2. The molecule has 3 aromatic heterocycles. The lowest BCUT2D eigenvalue weighted by Gasteiger charge is -2.18. The molecule has 0 aliphatic carbocycles. The lowest BCUT2D eigenvalue weighted by molar-refractivity contribution is 0.0785. The number of fused-ring (bicyclic) bond motifs is 4. The van der Waals surface area contributed by atoms with E-state index in [1.807, 2.05) is 18.2 Å². The average molecular weight is 456 g/mol. The number of nitrogens with zero attached hydrogens (tertiary/aromatic N) is 5. The van der Waals surface area contributed by atoms with Crippen molar-refractivity contribution in [3.8, 4) is 0 Å². The third-order valence-corrected chi connectivity index (χ3v) is 6.46. The van der Waals surface area contributed by atoms with Gasteiger partial charge in [-0.3, -0.25) is 18.7 Å². The highest BCUT2D eigenvalue weighted by Crippen LogP contribution is 2.30. The molecule has 0 radical (unpaired) electrons. The highest BCUT2D eigenvalue weighted by Gasteiger charge is 2.17. The predicted octanol–water partition coefficient (Wildman–Crippen LogP) is 3.03. The van der Waals surface area contributed by atoms with Crippen LogP contribution in [0.25, 0.3) is 32.8 Å². The summed E-state index contributed by atoms with van der Waals surface area (Å²) in [6.07, 6.45) is 1.41. The van der Waals surface area contributed by atoms with Gasteiger partial charge in [0.15, 0.2) is 0 Å². The largest absolute Gasteiger partial charge is 0.341 e.